The second-order valence-electron chi connectivity index (χ2n) is 4.33. The molecule has 0 radical (unpaired) electrons. The Morgan fingerprint density at radius 2 is 2.00 bits per heavy atom. The van der Waals surface area contributed by atoms with Crippen LogP contribution in [0.3, 0.4) is 0 Å². The van der Waals surface area contributed by atoms with Gasteiger partial charge in [-0.1, -0.05) is 29.9 Å². The molecular formula is C14H21N3S. The minimum Gasteiger partial charge on any atom is -0.362 e. The lowest BCUT2D eigenvalue weighted by atomic mass is 10.2. The summed E-state index contributed by atoms with van der Waals surface area (Å²) >= 11 is 1.70. The number of anilines is 1. The lowest BCUT2D eigenvalue weighted by molar-refractivity contribution is 0.520. The Balaban J connectivity index is 0.000000169. The molecule has 0 spiro atoms. The van der Waals surface area contributed by atoms with Crippen LogP contribution in [-0.4, -0.2) is 24.6 Å². The van der Waals surface area contributed by atoms with Gasteiger partial charge in [0, 0.05) is 6.54 Å². The quantitative estimate of drug-likeness (QED) is 0.871. The van der Waals surface area contributed by atoms with Gasteiger partial charge in [0.05, 0.1) is 10.2 Å². The van der Waals surface area contributed by atoms with Crippen LogP contribution in [0.2, 0.25) is 0 Å². The molecule has 1 aliphatic rings. The molecule has 0 bridgehead atoms. The van der Waals surface area contributed by atoms with Gasteiger partial charge in [0.15, 0.2) is 5.13 Å². The fourth-order valence-corrected chi connectivity index (χ4v) is 2.83. The average molecular weight is 263 g/mol. The van der Waals surface area contributed by atoms with Crippen molar-refractivity contribution in [2.45, 2.75) is 26.2 Å². The van der Waals surface area contributed by atoms with Crippen molar-refractivity contribution in [2.24, 2.45) is 0 Å². The highest BCUT2D eigenvalue weighted by atomic mass is 32.1. The van der Waals surface area contributed by atoms with Gasteiger partial charge in [-0.25, -0.2) is 4.98 Å². The summed E-state index contributed by atoms with van der Waals surface area (Å²) in [6, 6.07) is 8.18. The number of hydrogen-bond donors (Lipinski definition) is 2. The lowest BCUT2D eigenvalue weighted by Gasteiger charge is -2.08. The third-order valence-electron chi connectivity index (χ3n) is 2.83. The maximum atomic E-state index is 4.41. The van der Waals surface area contributed by atoms with Crippen LogP contribution in [0.5, 0.6) is 0 Å². The molecule has 3 rings (SSSR count). The van der Waals surface area contributed by atoms with Crippen LogP contribution in [0.25, 0.3) is 10.2 Å². The van der Waals surface area contributed by atoms with E-state index in [9.17, 15) is 0 Å². The largest absolute Gasteiger partial charge is 0.362 e. The fourth-order valence-electron chi connectivity index (χ4n) is 1.90. The van der Waals surface area contributed by atoms with Gasteiger partial charge in [-0.05, 0) is 45.0 Å². The summed E-state index contributed by atoms with van der Waals surface area (Å²) < 4.78 is 1.24. The Bertz CT molecular complexity index is 418. The number of aromatic nitrogens is 1. The zero-order chi connectivity index (χ0) is 12.6. The number of hydrogen-bond acceptors (Lipinski definition) is 4. The van der Waals surface area contributed by atoms with E-state index < -0.39 is 0 Å². The highest BCUT2D eigenvalue weighted by molar-refractivity contribution is 7.22. The summed E-state index contributed by atoms with van der Waals surface area (Å²) in [5.74, 6) is 0. The SMILES string of the molecule is C1CCNCC1.CCNc1nc2ccccc2s1. The third-order valence-corrected chi connectivity index (χ3v) is 3.82. The van der Waals surface area contributed by atoms with Gasteiger partial charge >= 0.3 is 0 Å². The number of piperidine rings is 1. The number of benzene rings is 1. The normalized spacial score (nSPS) is 14.9. The molecule has 2 N–H and O–H groups in total. The van der Waals surface area contributed by atoms with Crippen LogP contribution in [0.1, 0.15) is 26.2 Å². The molecule has 2 aromatic rings. The maximum absolute atomic E-state index is 4.41. The average Bonchev–Trinajstić information content (AvgIpc) is 2.84. The van der Waals surface area contributed by atoms with Crippen molar-refractivity contribution in [2.75, 3.05) is 25.0 Å². The van der Waals surface area contributed by atoms with Crippen LogP contribution in [0, 0.1) is 0 Å². The van der Waals surface area contributed by atoms with E-state index in [0.29, 0.717) is 0 Å². The van der Waals surface area contributed by atoms with E-state index in [-0.39, 0.29) is 0 Å². The van der Waals surface area contributed by atoms with Gasteiger partial charge in [0.1, 0.15) is 0 Å². The highest BCUT2D eigenvalue weighted by Gasteiger charge is 1.99. The molecular weight excluding hydrogens is 242 g/mol. The number of nitrogens with zero attached hydrogens (tertiary/aromatic N) is 1. The van der Waals surface area contributed by atoms with Crippen molar-refractivity contribution in [1.82, 2.24) is 10.3 Å². The van der Waals surface area contributed by atoms with Crippen molar-refractivity contribution in [3.8, 4) is 0 Å². The van der Waals surface area contributed by atoms with Crippen LogP contribution >= 0.6 is 11.3 Å². The minimum atomic E-state index is 0.930. The highest BCUT2D eigenvalue weighted by Crippen LogP contribution is 2.24. The molecule has 1 saturated heterocycles. The summed E-state index contributed by atoms with van der Waals surface area (Å²) in [5.41, 5.74) is 1.08. The summed E-state index contributed by atoms with van der Waals surface area (Å²) in [5, 5.41) is 7.50. The van der Waals surface area contributed by atoms with Gasteiger partial charge in [0.2, 0.25) is 0 Å². The topological polar surface area (TPSA) is 37.0 Å². The molecule has 0 aliphatic carbocycles. The zero-order valence-electron chi connectivity index (χ0n) is 10.9. The maximum Gasteiger partial charge on any atom is 0.183 e. The van der Waals surface area contributed by atoms with Crippen molar-refractivity contribution in [3.05, 3.63) is 24.3 Å². The number of thiazole rings is 1. The second-order valence-corrected chi connectivity index (χ2v) is 5.36. The van der Waals surface area contributed by atoms with E-state index in [1.165, 1.54) is 37.1 Å². The van der Waals surface area contributed by atoms with E-state index >= 15 is 0 Å². The molecule has 1 aromatic carbocycles. The first kappa shape index (κ1) is 13.3. The number of rotatable bonds is 2. The van der Waals surface area contributed by atoms with Crippen molar-refractivity contribution in [1.29, 1.82) is 0 Å². The lowest BCUT2D eigenvalue weighted by Crippen LogP contribution is -2.21. The van der Waals surface area contributed by atoms with E-state index in [0.717, 1.165) is 17.2 Å². The predicted octanol–water partition coefficient (Wildman–Crippen LogP) is 3.49. The Labute approximate surface area is 113 Å². The van der Waals surface area contributed by atoms with Crippen molar-refractivity contribution >= 4 is 26.7 Å². The first-order chi connectivity index (χ1) is 8.90. The summed E-state index contributed by atoms with van der Waals surface area (Å²) in [6.07, 6.45) is 4.22. The van der Waals surface area contributed by atoms with Crippen LogP contribution < -0.4 is 10.6 Å². The third kappa shape index (κ3) is 3.96. The van der Waals surface area contributed by atoms with Gasteiger partial charge in [-0.2, -0.15) is 0 Å². The van der Waals surface area contributed by atoms with Crippen LogP contribution in [0.15, 0.2) is 24.3 Å². The predicted molar refractivity (Wildman–Crippen MR) is 80.5 cm³/mol. The van der Waals surface area contributed by atoms with Gasteiger partial charge < -0.3 is 10.6 Å². The first-order valence-electron chi connectivity index (χ1n) is 6.70. The summed E-state index contributed by atoms with van der Waals surface area (Å²) in [7, 11) is 0. The molecule has 0 amide bonds. The van der Waals surface area contributed by atoms with E-state index in [1.807, 2.05) is 18.2 Å². The van der Waals surface area contributed by atoms with Gasteiger partial charge in [-0.15, -0.1) is 0 Å². The van der Waals surface area contributed by atoms with Crippen LogP contribution in [0.4, 0.5) is 5.13 Å². The number of nitrogens with one attached hydrogen (secondary N) is 2. The number of fused-ring (bicyclic) bond motifs is 1. The van der Waals surface area contributed by atoms with Crippen molar-refractivity contribution in [3.63, 3.8) is 0 Å². The zero-order valence-corrected chi connectivity index (χ0v) is 11.7. The van der Waals surface area contributed by atoms with E-state index in [1.54, 1.807) is 11.3 Å². The van der Waals surface area contributed by atoms with E-state index in [4.69, 9.17) is 0 Å². The Morgan fingerprint density at radius 3 is 2.56 bits per heavy atom. The molecule has 1 fully saturated rings. The minimum absolute atomic E-state index is 0.930. The Kier molecular flexibility index (Phi) is 5.42. The molecule has 18 heavy (non-hydrogen) atoms. The Morgan fingerprint density at radius 1 is 1.22 bits per heavy atom. The van der Waals surface area contributed by atoms with Crippen LogP contribution in [-0.2, 0) is 0 Å². The van der Waals surface area contributed by atoms with E-state index in [2.05, 4.69) is 28.6 Å². The molecule has 0 unspecified atom stereocenters. The standard InChI is InChI=1S/C9H10N2S.C5H11N/c1-2-10-9-11-7-5-3-4-6-8(7)12-9;1-2-4-6-5-3-1/h3-6H,2H2,1H3,(H,10,11);6H,1-5H2. The molecule has 98 valence electrons. The number of para-hydroxylation sites is 1. The first-order valence-corrected chi connectivity index (χ1v) is 7.52. The molecule has 1 aliphatic heterocycles. The second kappa shape index (κ2) is 7.34. The molecule has 4 heteroatoms. The van der Waals surface area contributed by atoms with Gasteiger partial charge in [0.25, 0.3) is 0 Å². The fraction of sp³-hybridized carbons (Fsp3) is 0.500. The van der Waals surface area contributed by atoms with Crippen molar-refractivity contribution < 1.29 is 0 Å². The molecule has 3 nitrogen and oxygen atoms in total. The summed E-state index contributed by atoms with van der Waals surface area (Å²) in [6.45, 7) is 5.51. The molecule has 1 aromatic heterocycles. The monoisotopic (exact) mass is 263 g/mol. The Hall–Kier alpha value is -1.13. The molecule has 0 saturated carbocycles. The molecule has 0 atom stereocenters. The summed E-state index contributed by atoms with van der Waals surface area (Å²) in [4.78, 5) is 4.41. The smallest absolute Gasteiger partial charge is 0.183 e. The van der Waals surface area contributed by atoms with Gasteiger partial charge in [-0.3, -0.25) is 0 Å². The molecule has 2 heterocycles.